The first-order valence-corrected chi connectivity index (χ1v) is 3.95. The normalized spacial score (nSPS) is 12.1. The first kappa shape index (κ1) is 10.4. The number of rotatable bonds is 2. The van der Waals surface area contributed by atoms with Crippen molar-refractivity contribution in [2.75, 3.05) is 12.3 Å². The van der Waals surface area contributed by atoms with Crippen LogP contribution in [0.25, 0.3) is 0 Å². The SMILES string of the molecule is N#Cc1cc(C(N)CO)cc(F)c1N. The fourth-order valence-corrected chi connectivity index (χ4v) is 1.05. The maximum Gasteiger partial charge on any atom is 0.147 e. The summed E-state index contributed by atoms with van der Waals surface area (Å²) in [6.07, 6.45) is 0. The predicted octanol–water partition coefficient (Wildman–Crippen LogP) is 0.272. The topological polar surface area (TPSA) is 96.1 Å². The highest BCUT2D eigenvalue weighted by Crippen LogP contribution is 2.21. The van der Waals surface area contributed by atoms with Gasteiger partial charge >= 0.3 is 0 Å². The lowest BCUT2D eigenvalue weighted by Gasteiger charge is -2.10. The lowest BCUT2D eigenvalue weighted by atomic mass is 10.0. The van der Waals surface area contributed by atoms with Gasteiger partial charge in [-0.25, -0.2) is 4.39 Å². The van der Waals surface area contributed by atoms with Crippen molar-refractivity contribution in [2.24, 2.45) is 5.73 Å². The number of aliphatic hydroxyl groups is 1. The molecule has 0 fully saturated rings. The van der Waals surface area contributed by atoms with Crippen LogP contribution in [0.5, 0.6) is 0 Å². The van der Waals surface area contributed by atoms with Crippen LogP contribution in [0.15, 0.2) is 12.1 Å². The molecular weight excluding hydrogens is 185 g/mol. The summed E-state index contributed by atoms with van der Waals surface area (Å²) in [6, 6.07) is 3.55. The van der Waals surface area contributed by atoms with Crippen LogP contribution in [0, 0.1) is 17.1 Å². The third-order valence-electron chi connectivity index (χ3n) is 1.90. The molecule has 1 rings (SSSR count). The van der Waals surface area contributed by atoms with Gasteiger partial charge in [0.2, 0.25) is 0 Å². The number of benzene rings is 1. The molecule has 0 bridgehead atoms. The average Bonchev–Trinajstić information content (AvgIpc) is 2.20. The summed E-state index contributed by atoms with van der Waals surface area (Å²) < 4.78 is 13.1. The van der Waals surface area contributed by atoms with E-state index in [0.717, 1.165) is 6.07 Å². The lowest BCUT2D eigenvalue weighted by molar-refractivity contribution is 0.268. The summed E-state index contributed by atoms with van der Waals surface area (Å²) in [6.45, 7) is -0.311. The van der Waals surface area contributed by atoms with Crippen molar-refractivity contribution in [1.29, 1.82) is 5.26 Å². The van der Waals surface area contributed by atoms with Gasteiger partial charge in [0.25, 0.3) is 0 Å². The lowest BCUT2D eigenvalue weighted by Crippen LogP contribution is -2.15. The molecule has 0 aliphatic rings. The summed E-state index contributed by atoms with van der Waals surface area (Å²) in [5.41, 5.74) is 11.0. The molecule has 0 aliphatic heterocycles. The molecule has 0 aromatic heterocycles. The molecule has 0 saturated heterocycles. The van der Waals surface area contributed by atoms with Crippen molar-refractivity contribution in [3.8, 4) is 6.07 Å². The van der Waals surface area contributed by atoms with Crippen molar-refractivity contribution in [3.63, 3.8) is 0 Å². The van der Waals surface area contributed by atoms with Gasteiger partial charge in [-0.2, -0.15) is 5.26 Å². The van der Waals surface area contributed by atoms with E-state index in [2.05, 4.69) is 0 Å². The first-order valence-electron chi connectivity index (χ1n) is 3.95. The van der Waals surface area contributed by atoms with Crippen LogP contribution < -0.4 is 11.5 Å². The van der Waals surface area contributed by atoms with Gasteiger partial charge < -0.3 is 16.6 Å². The van der Waals surface area contributed by atoms with Crippen molar-refractivity contribution in [3.05, 3.63) is 29.1 Å². The van der Waals surface area contributed by atoms with E-state index in [1.165, 1.54) is 6.07 Å². The highest BCUT2D eigenvalue weighted by atomic mass is 19.1. The molecule has 0 heterocycles. The van der Waals surface area contributed by atoms with Crippen LogP contribution in [0.4, 0.5) is 10.1 Å². The van der Waals surface area contributed by atoms with Crippen LogP contribution in [-0.2, 0) is 0 Å². The fraction of sp³-hybridized carbons (Fsp3) is 0.222. The van der Waals surface area contributed by atoms with Crippen LogP contribution >= 0.6 is 0 Å². The van der Waals surface area contributed by atoms with E-state index in [9.17, 15) is 4.39 Å². The van der Waals surface area contributed by atoms with Gasteiger partial charge in [-0.3, -0.25) is 0 Å². The Morgan fingerprint density at radius 1 is 1.57 bits per heavy atom. The third-order valence-corrected chi connectivity index (χ3v) is 1.90. The minimum Gasteiger partial charge on any atom is -0.395 e. The van der Waals surface area contributed by atoms with E-state index in [4.69, 9.17) is 21.8 Å². The van der Waals surface area contributed by atoms with Crippen molar-refractivity contribution in [2.45, 2.75) is 6.04 Å². The first-order chi connectivity index (χ1) is 6.60. The number of hydrogen-bond acceptors (Lipinski definition) is 4. The van der Waals surface area contributed by atoms with Gasteiger partial charge in [-0.1, -0.05) is 0 Å². The van der Waals surface area contributed by atoms with Crippen LogP contribution in [-0.4, -0.2) is 11.7 Å². The van der Waals surface area contributed by atoms with E-state index < -0.39 is 11.9 Å². The van der Waals surface area contributed by atoms with Crippen molar-refractivity contribution in [1.82, 2.24) is 0 Å². The van der Waals surface area contributed by atoms with Crippen molar-refractivity contribution >= 4 is 5.69 Å². The maximum absolute atomic E-state index is 13.1. The van der Waals surface area contributed by atoms with Gasteiger partial charge in [0.15, 0.2) is 0 Å². The molecule has 5 heteroatoms. The van der Waals surface area contributed by atoms with Crippen LogP contribution in [0.1, 0.15) is 17.2 Å². The van der Waals surface area contributed by atoms with Crippen LogP contribution in [0.2, 0.25) is 0 Å². The van der Waals surface area contributed by atoms with Gasteiger partial charge in [0.05, 0.1) is 23.9 Å². The fourth-order valence-electron chi connectivity index (χ4n) is 1.05. The van der Waals surface area contributed by atoms with Crippen LogP contribution in [0.3, 0.4) is 0 Å². The molecule has 4 nitrogen and oxygen atoms in total. The van der Waals surface area contributed by atoms with Crippen molar-refractivity contribution < 1.29 is 9.50 Å². The Hall–Kier alpha value is -1.64. The number of nitriles is 1. The summed E-state index contributed by atoms with van der Waals surface area (Å²) in [5, 5.41) is 17.4. The van der Waals surface area contributed by atoms with E-state index in [0.29, 0.717) is 5.56 Å². The van der Waals surface area contributed by atoms with E-state index in [1.807, 2.05) is 0 Å². The minimum absolute atomic E-state index is 0.0314. The zero-order chi connectivity index (χ0) is 10.7. The molecule has 0 saturated carbocycles. The van der Waals surface area contributed by atoms with E-state index in [-0.39, 0.29) is 17.9 Å². The summed E-state index contributed by atoms with van der Waals surface area (Å²) in [4.78, 5) is 0. The summed E-state index contributed by atoms with van der Waals surface area (Å²) >= 11 is 0. The molecule has 0 amide bonds. The second-order valence-electron chi connectivity index (χ2n) is 2.86. The summed E-state index contributed by atoms with van der Waals surface area (Å²) in [7, 11) is 0. The Morgan fingerprint density at radius 3 is 2.71 bits per heavy atom. The molecule has 1 aromatic carbocycles. The highest BCUT2D eigenvalue weighted by molar-refractivity contribution is 5.56. The maximum atomic E-state index is 13.1. The van der Waals surface area contributed by atoms with Gasteiger partial charge in [0.1, 0.15) is 11.9 Å². The Labute approximate surface area is 80.6 Å². The number of aliphatic hydroxyl groups excluding tert-OH is 1. The number of halogens is 1. The number of nitrogen functional groups attached to an aromatic ring is 1. The Bertz CT molecular complexity index is 386. The molecule has 1 unspecified atom stereocenters. The summed E-state index contributed by atoms with van der Waals surface area (Å²) in [5.74, 6) is -0.692. The standard InChI is InChI=1S/C9H10FN3O/c10-7-2-5(8(12)4-14)1-6(3-11)9(7)13/h1-2,8,14H,4,12-13H2. The number of nitrogens with zero attached hydrogens (tertiary/aromatic N) is 1. The second kappa shape index (κ2) is 4.05. The Morgan fingerprint density at radius 2 is 2.21 bits per heavy atom. The van der Waals surface area contributed by atoms with Gasteiger partial charge in [0, 0.05) is 0 Å². The molecule has 5 N–H and O–H groups in total. The quantitative estimate of drug-likeness (QED) is 0.590. The van der Waals surface area contributed by atoms with E-state index in [1.54, 1.807) is 6.07 Å². The monoisotopic (exact) mass is 195 g/mol. The number of hydrogen-bond donors (Lipinski definition) is 3. The molecule has 0 radical (unpaired) electrons. The molecule has 1 aromatic rings. The number of anilines is 1. The Kier molecular flexibility index (Phi) is 3.02. The molecule has 0 spiro atoms. The van der Waals surface area contributed by atoms with Gasteiger partial charge in [-0.05, 0) is 17.7 Å². The molecule has 14 heavy (non-hydrogen) atoms. The molecule has 0 aliphatic carbocycles. The van der Waals surface area contributed by atoms with E-state index >= 15 is 0 Å². The predicted molar refractivity (Wildman–Crippen MR) is 49.5 cm³/mol. The zero-order valence-corrected chi connectivity index (χ0v) is 7.37. The average molecular weight is 195 g/mol. The zero-order valence-electron chi connectivity index (χ0n) is 7.37. The molecule has 74 valence electrons. The third kappa shape index (κ3) is 1.82. The number of nitrogens with two attached hydrogens (primary N) is 2. The largest absolute Gasteiger partial charge is 0.395 e. The highest BCUT2D eigenvalue weighted by Gasteiger charge is 2.11. The Balaban J connectivity index is 3.24. The smallest absolute Gasteiger partial charge is 0.147 e. The minimum atomic E-state index is -0.697. The second-order valence-corrected chi connectivity index (χ2v) is 2.86. The van der Waals surface area contributed by atoms with Gasteiger partial charge in [-0.15, -0.1) is 0 Å². The molecular formula is C9H10FN3O. The molecule has 1 atom stereocenters.